The summed E-state index contributed by atoms with van der Waals surface area (Å²) in [6.45, 7) is 0.839. The fourth-order valence-corrected chi connectivity index (χ4v) is 3.00. The first-order valence-corrected chi connectivity index (χ1v) is 7.66. The SMILES string of the molecule is Nc1cnccc1NS(=O)(=O)c1ccc2c(c1)OCCO2. The third kappa shape index (κ3) is 2.70. The van der Waals surface area contributed by atoms with Gasteiger partial charge in [-0.15, -0.1) is 0 Å². The lowest BCUT2D eigenvalue weighted by Crippen LogP contribution is -2.17. The third-order valence-corrected chi connectivity index (χ3v) is 4.28. The van der Waals surface area contributed by atoms with E-state index < -0.39 is 10.0 Å². The van der Waals surface area contributed by atoms with Crippen LogP contribution in [0.25, 0.3) is 0 Å². The first-order valence-electron chi connectivity index (χ1n) is 6.18. The number of nitrogens with two attached hydrogens (primary N) is 1. The summed E-state index contributed by atoms with van der Waals surface area (Å²) in [7, 11) is -3.76. The minimum atomic E-state index is -3.76. The Labute approximate surface area is 121 Å². The van der Waals surface area contributed by atoms with Crippen molar-refractivity contribution in [2.24, 2.45) is 0 Å². The summed E-state index contributed by atoms with van der Waals surface area (Å²) >= 11 is 0. The molecule has 0 saturated carbocycles. The van der Waals surface area contributed by atoms with Crippen LogP contribution in [0.5, 0.6) is 11.5 Å². The number of pyridine rings is 1. The van der Waals surface area contributed by atoms with Crippen LogP contribution in [-0.2, 0) is 10.0 Å². The molecule has 2 aromatic rings. The highest BCUT2D eigenvalue weighted by molar-refractivity contribution is 7.92. The van der Waals surface area contributed by atoms with Gasteiger partial charge in [0.1, 0.15) is 13.2 Å². The van der Waals surface area contributed by atoms with E-state index in [0.717, 1.165) is 0 Å². The molecule has 0 spiro atoms. The van der Waals surface area contributed by atoms with Crippen LogP contribution in [-0.4, -0.2) is 26.6 Å². The Morgan fingerprint density at radius 3 is 2.67 bits per heavy atom. The van der Waals surface area contributed by atoms with Gasteiger partial charge in [0.05, 0.1) is 22.5 Å². The van der Waals surface area contributed by atoms with E-state index >= 15 is 0 Å². The highest BCUT2D eigenvalue weighted by Crippen LogP contribution is 2.33. The monoisotopic (exact) mass is 307 g/mol. The van der Waals surface area contributed by atoms with E-state index in [0.29, 0.717) is 24.7 Å². The van der Waals surface area contributed by atoms with Gasteiger partial charge in [-0.2, -0.15) is 0 Å². The van der Waals surface area contributed by atoms with E-state index in [1.165, 1.54) is 30.6 Å². The number of nitrogens with zero attached hydrogens (tertiary/aromatic N) is 1. The Morgan fingerprint density at radius 2 is 1.90 bits per heavy atom. The molecule has 1 aliphatic rings. The van der Waals surface area contributed by atoms with Crippen LogP contribution >= 0.6 is 0 Å². The first kappa shape index (κ1) is 13.5. The fourth-order valence-electron chi connectivity index (χ4n) is 1.89. The average molecular weight is 307 g/mol. The number of hydrogen-bond acceptors (Lipinski definition) is 6. The topological polar surface area (TPSA) is 104 Å². The quantitative estimate of drug-likeness (QED) is 0.884. The molecule has 110 valence electrons. The van der Waals surface area contributed by atoms with Crippen LogP contribution < -0.4 is 19.9 Å². The summed E-state index contributed by atoms with van der Waals surface area (Å²) in [6.07, 6.45) is 2.83. The van der Waals surface area contributed by atoms with Crippen molar-refractivity contribution >= 4 is 21.4 Å². The molecule has 0 saturated heterocycles. The van der Waals surface area contributed by atoms with Gasteiger partial charge >= 0.3 is 0 Å². The van der Waals surface area contributed by atoms with Gasteiger partial charge in [0.15, 0.2) is 11.5 Å². The zero-order valence-corrected chi connectivity index (χ0v) is 11.8. The van der Waals surface area contributed by atoms with Gasteiger partial charge < -0.3 is 15.2 Å². The van der Waals surface area contributed by atoms with Gasteiger partial charge in [-0.3, -0.25) is 9.71 Å². The molecule has 7 nitrogen and oxygen atoms in total. The van der Waals surface area contributed by atoms with Gasteiger partial charge in [-0.05, 0) is 18.2 Å². The minimum Gasteiger partial charge on any atom is -0.486 e. The van der Waals surface area contributed by atoms with Crippen molar-refractivity contribution in [3.8, 4) is 11.5 Å². The molecule has 1 aromatic carbocycles. The van der Waals surface area contributed by atoms with Crippen LogP contribution in [0, 0.1) is 0 Å². The van der Waals surface area contributed by atoms with Crippen molar-refractivity contribution in [2.75, 3.05) is 23.7 Å². The molecule has 0 unspecified atom stereocenters. The molecule has 0 fully saturated rings. The van der Waals surface area contributed by atoms with E-state index in [1.54, 1.807) is 6.07 Å². The Kier molecular flexibility index (Phi) is 3.30. The number of aromatic nitrogens is 1. The molecule has 1 aromatic heterocycles. The summed E-state index contributed by atoms with van der Waals surface area (Å²) in [6, 6.07) is 5.94. The standard InChI is InChI=1S/C13H13N3O4S/c14-10-8-15-4-3-11(10)16-21(17,18)9-1-2-12-13(7-9)20-6-5-19-12/h1-4,7-8H,5-6,14H2,(H,15,16). The summed E-state index contributed by atoms with van der Waals surface area (Å²) < 4.78 is 37.9. The number of benzene rings is 1. The second-order valence-electron chi connectivity index (χ2n) is 4.37. The van der Waals surface area contributed by atoms with Gasteiger partial charge in [-0.1, -0.05) is 0 Å². The molecule has 21 heavy (non-hydrogen) atoms. The molecular weight excluding hydrogens is 294 g/mol. The predicted molar refractivity (Wildman–Crippen MR) is 76.9 cm³/mol. The van der Waals surface area contributed by atoms with E-state index in [9.17, 15) is 8.42 Å². The molecule has 0 radical (unpaired) electrons. The second-order valence-corrected chi connectivity index (χ2v) is 6.06. The van der Waals surface area contributed by atoms with Crippen LogP contribution in [0.2, 0.25) is 0 Å². The lowest BCUT2D eigenvalue weighted by atomic mass is 10.3. The maximum absolute atomic E-state index is 12.4. The van der Waals surface area contributed by atoms with Crippen molar-refractivity contribution in [3.63, 3.8) is 0 Å². The predicted octanol–water partition coefficient (Wildman–Crippen LogP) is 1.24. The summed E-state index contributed by atoms with van der Waals surface area (Å²) in [5.41, 5.74) is 6.21. The molecule has 1 aliphatic heterocycles. The Balaban J connectivity index is 1.93. The van der Waals surface area contributed by atoms with Crippen molar-refractivity contribution < 1.29 is 17.9 Å². The third-order valence-electron chi connectivity index (χ3n) is 2.92. The molecule has 0 bridgehead atoms. The summed E-state index contributed by atoms with van der Waals surface area (Å²) in [5.74, 6) is 0.940. The van der Waals surface area contributed by atoms with Crippen LogP contribution in [0.15, 0.2) is 41.6 Å². The summed E-state index contributed by atoms with van der Waals surface area (Å²) in [4.78, 5) is 3.88. The van der Waals surface area contributed by atoms with Crippen LogP contribution in [0.4, 0.5) is 11.4 Å². The van der Waals surface area contributed by atoms with Crippen LogP contribution in [0.3, 0.4) is 0 Å². The number of fused-ring (bicyclic) bond motifs is 1. The number of nitrogens with one attached hydrogen (secondary N) is 1. The number of ether oxygens (including phenoxy) is 2. The maximum atomic E-state index is 12.4. The Bertz CT molecular complexity index is 777. The molecule has 0 aliphatic carbocycles. The lowest BCUT2D eigenvalue weighted by Gasteiger charge is -2.19. The number of nitrogen functional groups attached to an aromatic ring is 1. The number of sulfonamides is 1. The zero-order chi connectivity index (χ0) is 14.9. The molecule has 0 amide bonds. The van der Waals surface area contributed by atoms with Gasteiger partial charge in [0.25, 0.3) is 10.0 Å². The van der Waals surface area contributed by atoms with E-state index in [1.807, 2.05) is 0 Å². The molecule has 3 rings (SSSR count). The van der Waals surface area contributed by atoms with Gasteiger partial charge in [0, 0.05) is 12.3 Å². The highest BCUT2D eigenvalue weighted by atomic mass is 32.2. The Morgan fingerprint density at radius 1 is 1.14 bits per heavy atom. The molecular formula is C13H13N3O4S. The van der Waals surface area contributed by atoms with E-state index in [-0.39, 0.29) is 16.3 Å². The van der Waals surface area contributed by atoms with Crippen LogP contribution in [0.1, 0.15) is 0 Å². The maximum Gasteiger partial charge on any atom is 0.262 e. The number of anilines is 2. The normalized spacial score (nSPS) is 13.7. The fraction of sp³-hybridized carbons (Fsp3) is 0.154. The number of hydrogen-bond donors (Lipinski definition) is 2. The van der Waals surface area contributed by atoms with Crippen molar-refractivity contribution in [1.82, 2.24) is 4.98 Å². The first-order chi connectivity index (χ1) is 10.1. The highest BCUT2D eigenvalue weighted by Gasteiger charge is 2.20. The Hall–Kier alpha value is -2.48. The van der Waals surface area contributed by atoms with Gasteiger partial charge in [-0.25, -0.2) is 8.42 Å². The van der Waals surface area contributed by atoms with Crippen molar-refractivity contribution in [1.29, 1.82) is 0 Å². The zero-order valence-electron chi connectivity index (χ0n) is 10.9. The van der Waals surface area contributed by atoms with Crippen molar-refractivity contribution in [3.05, 3.63) is 36.7 Å². The van der Waals surface area contributed by atoms with Crippen molar-refractivity contribution in [2.45, 2.75) is 4.90 Å². The van der Waals surface area contributed by atoms with E-state index in [4.69, 9.17) is 15.2 Å². The molecule has 8 heteroatoms. The minimum absolute atomic E-state index is 0.0722. The smallest absolute Gasteiger partial charge is 0.262 e. The second kappa shape index (κ2) is 5.13. The summed E-state index contributed by atoms with van der Waals surface area (Å²) in [5, 5.41) is 0. The van der Waals surface area contributed by atoms with Gasteiger partial charge in [0.2, 0.25) is 0 Å². The largest absolute Gasteiger partial charge is 0.486 e. The molecule has 2 heterocycles. The molecule has 0 atom stereocenters. The molecule has 3 N–H and O–H groups in total. The van der Waals surface area contributed by atoms with E-state index in [2.05, 4.69) is 9.71 Å². The lowest BCUT2D eigenvalue weighted by molar-refractivity contribution is 0.171. The average Bonchev–Trinajstić information content (AvgIpc) is 2.49. The number of rotatable bonds is 3.